The van der Waals surface area contributed by atoms with Gasteiger partial charge >= 0.3 is 11.9 Å². The number of ether oxygens (including phenoxy) is 2. The van der Waals surface area contributed by atoms with Gasteiger partial charge < -0.3 is 39.4 Å². The van der Waals surface area contributed by atoms with Crippen molar-refractivity contribution in [2.24, 2.45) is 17.3 Å². The van der Waals surface area contributed by atoms with E-state index < -0.39 is 59.8 Å². The molecule has 67 heavy (non-hydrogen) atoms. The summed E-state index contributed by atoms with van der Waals surface area (Å²) < 4.78 is 13.7. The lowest BCUT2D eigenvalue weighted by Gasteiger charge is -2.37. The number of nitrogens with one attached hydrogen (secondary N) is 2. The summed E-state index contributed by atoms with van der Waals surface area (Å²) in [6.07, 6.45) is 3.03. The highest BCUT2D eigenvalue weighted by Gasteiger charge is 2.40. The average molecular weight is 919 g/mol. The third-order valence-corrected chi connectivity index (χ3v) is 13.0. The largest absolute Gasteiger partial charge is 0.508 e. The number of benzene rings is 3. The number of esters is 1. The molecule has 3 aliphatic rings. The van der Waals surface area contributed by atoms with Crippen LogP contribution in [0.2, 0.25) is 0 Å². The number of likely N-dealkylation sites (N-methyl/N-ethyl adjacent to an activating group) is 1. The Kier molecular flexibility index (Phi) is 14.4. The molecule has 7 rings (SSSR count). The molecule has 0 radical (unpaired) electrons. The number of nitrogens with zero attached hydrogens (tertiary/aromatic N) is 4. The molecule has 16 heteroatoms. The maximum Gasteiger partial charge on any atom is 0.341 e. The number of carbonyl (C=O) groups is 6. The summed E-state index contributed by atoms with van der Waals surface area (Å²) in [5.41, 5.74) is 8.36. The van der Waals surface area contributed by atoms with E-state index in [1.165, 1.54) is 16.0 Å². The zero-order valence-electron chi connectivity index (χ0n) is 39.2. The first-order valence-corrected chi connectivity index (χ1v) is 23.0. The van der Waals surface area contributed by atoms with Crippen molar-refractivity contribution < 1.29 is 48.5 Å². The fourth-order valence-electron chi connectivity index (χ4n) is 9.79. The van der Waals surface area contributed by atoms with Gasteiger partial charge in [0, 0.05) is 56.0 Å². The van der Waals surface area contributed by atoms with E-state index in [2.05, 4.69) is 34.9 Å². The number of carbonyl (C=O) groups excluding carboxylic acids is 5. The topological polar surface area (TPSA) is 200 Å². The van der Waals surface area contributed by atoms with Gasteiger partial charge in [0.1, 0.15) is 29.6 Å². The molecule has 0 aliphatic carbocycles. The van der Waals surface area contributed by atoms with Crippen LogP contribution in [0.5, 0.6) is 11.5 Å². The fraction of sp³-hybridized carbons (Fsp3) is 0.451. The summed E-state index contributed by atoms with van der Waals surface area (Å²) in [5, 5.41) is 25.7. The summed E-state index contributed by atoms with van der Waals surface area (Å²) in [5.74, 6) is -3.66. The Hall–Kier alpha value is -6.68. The van der Waals surface area contributed by atoms with E-state index >= 15 is 0 Å². The number of amides is 4. The zero-order valence-corrected chi connectivity index (χ0v) is 39.2. The van der Waals surface area contributed by atoms with E-state index in [0.29, 0.717) is 55.6 Å². The van der Waals surface area contributed by atoms with Crippen molar-refractivity contribution in [3.63, 3.8) is 0 Å². The number of hydrogen-bond acceptors (Lipinski definition) is 10. The molecule has 2 saturated heterocycles. The molecule has 2 fully saturated rings. The minimum absolute atomic E-state index is 0.0345. The van der Waals surface area contributed by atoms with Gasteiger partial charge in [-0.25, -0.2) is 10.2 Å². The normalized spacial score (nSPS) is 20.2. The molecule has 0 unspecified atom stereocenters. The van der Waals surface area contributed by atoms with Crippen LogP contribution >= 0.6 is 0 Å². The number of aryl methyl sites for hydroxylation is 1. The van der Waals surface area contributed by atoms with Crippen LogP contribution in [0.15, 0.2) is 73.3 Å². The Morgan fingerprint density at radius 2 is 1.75 bits per heavy atom. The van der Waals surface area contributed by atoms with Crippen molar-refractivity contribution >= 4 is 46.5 Å². The van der Waals surface area contributed by atoms with E-state index in [0.717, 1.165) is 33.3 Å². The van der Waals surface area contributed by atoms with Crippen molar-refractivity contribution in [1.82, 2.24) is 30.1 Å². The monoisotopic (exact) mass is 918 g/mol. The molecule has 4 atom stereocenters. The molecule has 4 heterocycles. The predicted molar refractivity (Wildman–Crippen MR) is 252 cm³/mol. The van der Waals surface area contributed by atoms with Crippen LogP contribution in [0.4, 0.5) is 0 Å². The molecule has 0 saturated carbocycles. The molecule has 3 aliphatic heterocycles. The number of rotatable bonds is 11. The molecule has 3 aromatic carbocycles. The molecule has 0 spiro atoms. The average Bonchev–Trinajstić information content (AvgIpc) is 3.91. The van der Waals surface area contributed by atoms with Gasteiger partial charge in [-0.1, -0.05) is 46.4 Å². The maximum atomic E-state index is 14.7. The molecular formula is C51H62N6O10. The minimum Gasteiger partial charge on any atom is -0.508 e. The lowest BCUT2D eigenvalue weighted by Crippen LogP contribution is -2.62. The van der Waals surface area contributed by atoms with E-state index in [9.17, 15) is 33.9 Å². The quantitative estimate of drug-likeness (QED) is 0.112. The van der Waals surface area contributed by atoms with Crippen molar-refractivity contribution in [3.8, 4) is 33.9 Å². The van der Waals surface area contributed by atoms with Crippen LogP contribution < -0.4 is 15.5 Å². The van der Waals surface area contributed by atoms with Gasteiger partial charge in [-0.2, -0.15) is 0 Å². The van der Waals surface area contributed by atoms with Crippen molar-refractivity contribution in [3.05, 3.63) is 84.4 Å². The Morgan fingerprint density at radius 3 is 2.43 bits per heavy atom. The third kappa shape index (κ3) is 10.6. The highest BCUT2D eigenvalue weighted by molar-refractivity contribution is 5.96. The van der Waals surface area contributed by atoms with Gasteiger partial charge in [-0.15, -0.1) is 0 Å². The van der Waals surface area contributed by atoms with E-state index in [1.54, 1.807) is 36.2 Å². The summed E-state index contributed by atoms with van der Waals surface area (Å²) in [6.45, 7) is 14.4. The van der Waals surface area contributed by atoms with Gasteiger partial charge in [0.25, 0.3) is 5.91 Å². The number of hydrazine groups is 1. The maximum absolute atomic E-state index is 14.7. The molecule has 6 bridgehead atoms. The molecule has 16 nitrogen and oxygen atoms in total. The van der Waals surface area contributed by atoms with E-state index in [4.69, 9.17) is 14.6 Å². The number of carboxylic acid groups (broad SMARTS) is 1. The first kappa shape index (κ1) is 48.3. The predicted octanol–water partition coefficient (Wildman–Crippen LogP) is 5.33. The smallest absolute Gasteiger partial charge is 0.341 e. The molecule has 1 aromatic heterocycles. The number of phenols is 1. The molecular weight excluding hydrogens is 857 g/mol. The standard InChI is InChI=1S/C51H62N6O10/c1-8-43(59)55-20-18-34(27-55)48(63)54(7)45(30(3)4)47(62)52-41-23-31-21-35(24-36(58)22-31)33-14-17-42-38(25-33)39(46(56(42)9-2)32-12-15-37(16-13-32)66-28-44(60)61)26-51(5,6)29-67-50(65)40-11-10-19-57(53-40)49(41)64/h8,12-17,21-22,24-25,30,34,40-41,45,53,58H,1,9-11,18-20,23,26-29H2,2-7H3,(H,52,62)(H,60,61)/t34-,40-,41-,45-/m0/s1. The van der Waals surface area contributed by atoms with Crippen LogP contribution in [0.3, 0.4) is 0 Å². The second-order valence-corrected chi connectivity index (χ2v) is 19.0. The van der Waals surface area contributed by atoms with Crippen LogP contribution in [0, 0.1) is 17.3 Å². The Bertz CT molecular complexity index is 2570. The first-order chi connectivity index (χ1) is 31.9. The minimum atomic E-state index is -1.18. The number of fused-ring (bicyclic) bond motifs is 6. The van der Waals surface area contributed by atoms with Gasteiger partial charge in [-0.3, -0.25) is 29.0 Å². The van der Waals surface area contributed by atoms with E-state index in [1.807, 2.05) is 58.0 Å². The van der Waals surface area contributed by atoms with Crippen LogP contribution in [0.1, 0.15) is 65.0 Å². The van der Waals surface area contributed by atoms with Crippen LogP contribution in [-0.4, -0.2) is 123 Å². The SMILES string of the molecule is C=CC(=O)N1CC[C@H](C(=O)N(C)[C@H](C(=O)N[C@H]2Cc3cc(O)cc(c3)-c3ccc4c(c3)c(c(-c3ccc(OCC(=O)O)cc3)n4CC)CC(C)(C)COC(=O)[C@@H]3CCCN(N3)C2=O)C(C)C)C1. The third-order valence-electron chi connectivity index (χ3n) is 13.0. The Balaban J connectivity index is 1.28. The zero-order chi connectivity index (χ0) is 48.3. The Morgan fingerprint density at radius 1 is 1.01 bits per heavy atom. The molecule has 4 aromatic rings. The highest BCUT2D eigenvalue weighted by atomic mass is 16.5. The fourth-order valence-corrected chi connectivity index (χ4v) is 9.79. The number of carboxylic acids is 1. The number of aliphatic carboxylic acids is 1. The second kappa shape index (κ2) is 20.0. The number of cyclic esters (lactones) is 1. The lowest BCUT2D eigenvalue weighted by molar-refractivity contribution is -0.155. The van der Waals surface area contributed by atoms with E-state index in [-0.39, 0.29) is 49.6 Å². The van der Waals surface area contributed by atoms with Gasteiger partial charge in [-0.05, 0) is 121 Å². The molecule has 4 amide bonds. The number of aromatic hydroxyl groups is 1. The summed E-state index contributed by atoms with van der Waals surface area (Å²) in [4.78, 5) is 83.4. The van der Waals surface area contributed by atoms with Gasteiger partial charge in [0.15, 0.2) is 6.61 Å². The van der Waals surface area contributed by atoms with Crippen molar-refractivity contribution in [2.75, 3.05) is 39.9 Å². The lowest BCUT2D eigenvalue weighted by atomic mass is 9.84. The number of likely N-dealkylation sites (tertiary alicyclic amines) is 1. The summed E-state index contributed by atoms with van der Waals surface area (Å²) in [7, 11) is 1.57. The number of hydrogen-bond donors (Lipinski definition) is 4. The van der Waals surface area contributed by atoms with Crippen LogP contribution in [-0.2, 0) is 52.9 Å². The van der Waals surface area contributed by atoms with Gasteiger partial charge in [0.2, 0.25) is 17.7 Å². The molecule has 4 N–H and O–H groups in total. The molecule has 356 valence electrons. The highest BCUT2D eigenvalue weighted by Crippen LogP contribution is 2.41. The number of aromatic nitrogens is 1. The van der Waals surface area contributed by atoms with Crippen molar-refractivity contribution in [1.29, 1.82) is 0 Å². The van der Waals surface area contributed by atoms with Gasteiger partial charge in [0.05, 0.1) is 18.2 Å². The van der Waals surface area contributed by atoms with Crippen molar-refractivity contribution in [2.45, 2.75) is 91.4 Å². The first-order valence-electron chi connectivity index (χ1n) is 23.0. The number of phenolic OH excluding ortho intramolecular Hbond substituents is 1. The van der Waals surface area contributed by atoms with Crippen LogP contribution in [0.25, 0.3) is 33.3 Å². The summed E-state index contributed by atoms with van der Waals surface area (Å²) in [6, 6.07) is 15.5. The Labute approximate surface area is 390 Å². The summed E-state index contributed by atoms with van der Waals surface area (Å²) >= 11 is 0. The second-order valence-electron chi connectivity index (χ2n) is 19.0.